The van der Waals surface area contributed by atoms with E-state index in [1.54, 1.807) is 38.3 Å². The highest BCUT2D eigenvalue weighted by molar-refractivity contribution is 5.75. The summed E-state index contributed by atoms with van der Waals surface area (Å²) in [5, 5.41) is 7.89. The molecule has 0 N–H and O–H groups in total. The molecule has 3 aromatic rings. The Morgan fingerprint density at radius 1 is 1.29 bits per heavy atom. The third-order valence-corrected chi connectivity index (χ3v) is 3.65. The second-order valence-corrected chi connectivity index (χ2v) is 5.03. The Morgan fingerprint density at radius 3 is 2.79 bits per heavy atom. The maximum atomic E-state index is 12.5. The van der Waals surface area contributed by atoms with Crippen molar-refractivity contribution in [3.05, 3.63) is 40.9 Å². The van der Waals surface area contributed by atoms with Crippen LogP contribution < -0.4 is 10.3 Å². The predicted molar refractivity (Wildman–Crippen MR) is 84.2 cm³/mol. The van der Waals surface area contributed by atoms with Crippen LogP contribution in [0.1, 0.15) is 13.0 Å². The van der Waals surface area contributed by atoms with Crippen molar-refractivity contribution in [1.29, 1.82) is 0 Å². The Balaban J connectivity index is 2.13. The first-order chi connectivity index (χ1) is 11.6. The molecular weight excluding hydrogens is 314 g/mol. The van der Waals surface area contributed by atoms with Crippen molar-refractivity contribution in [2.45, 2.75) is 13.0 Å². The van der Waals surface area contributed by atoms with Gasteiger partial charge in [0.1, 0.15) is 18.1 Å². The van der Waals surface area contributed by atoms with Crippen LogP contribution in [-0.4, -0.2) is 44.7 Å². The Bertz CT molecular complexity index is 962. The van der Waals surface area contributed by atoms with Crippen molar-refractivity contribution >= 4 is 17.1 Å². The number of methoxy groups -OCH3 is 2. The first kappa shape index (κ1) is 15.7. The van der Waals surface area contributed by atoms with E-state index in [1.807, 2.05) is 0 Å². The van der Waals surface area contributed by atoms with Crippen molar-refractivity contribution in [3.8, 4) is 11.4 Å². The zero-order chi connectivity index (χ0) is 17.3. The molecular formula is C15H15N5O4. The summed E-state index contributed by atoms with van der Waals surface area (Å²) in [6.45, 7) is 1.55. The van der Waals surface area contributed by atoms with Crippen LogP contribution in [-0.2, 0) is 9.53 Å². The molecule has 0 spiro atoms. The Kier molecular flexibility index (Phi) is 3.98. The summed E-state index contributed by atoms with van der Waals surface area (Å²) in [5.41, 5.74) is 0.548. The van der Waals surface area contributed by atoms with Crippen molar-refractivity contribution in [2.24, 2.45) is 0 Å². The van der Waals surface area contributed by atoms with Gasteiger partial charge in [-0.1, -0.05) is 11.3 Å². The van der Waals surface area contributed by atoms with Crippen LogP contribution in [0.2, 0.25) is 0 Å². The third kappa shape index (κ3) is 2.49. The van der Waals surface area contributed by atoms with Gasteiger partial charge in [-0.3, -0.25) is 9.36 Å². The van der Waals surface area contributed by atoms with Crippen molar-refractivity contribution < 1.29 is 14.3 Å². The maximum absolute atomic E-state index is 12.5. The van der Waals surface area contributed by atoms with Gasteiger partial charge in [-0.15, -0.1) is 5.10 Å². The van der Waals surface area contributed by atoms with E-state index in [4.69, 9.17) is 4.74 Å². The monoisotopic (exact) mass is 329 g/mol. The van der Waals surface area contributed by atoms with Crippen LogP contribution >= 0.6 is 0 Å². The zero-order valence-electron chi connectivity index (χ0n) is 13.3. The molecule has 9 nitrogen and oxygen atoms in total. The molecule has 0 bridgehead atoms. The van der Waals surface area contributed by atoms with Crippen LogP contribution in [0.4, 0.5) is 0 Å². The standard InChI is InChI=1S/C15H15N5O4/c1-9(15(22)24-3)19-8-16-13-12(14(19)21)17-18-20(13)10-5-4-6-11(7-10)23-2/h4-9H,1-3H3/t9-/m0/s1. The van der Waals surface area contributed by atoms with Gasteiger partial charge in [-0.2, -0.15) is 4.68 Å². The van der Waals surface area contributed by atoms with Crippen molar-refractivity contribution in [2.75, 3.05) is 14.2 Å². The summed E-state index contributed by atoms with van der Waals surface area (Å²) in [6.07, 6.45) is 1.28. The summed E-state index contributed by atoms with van der Waals surface area (Å²) in [7, 11) is 2.82. The Morgan fingerprint density at radius 2 is 2.08 bits per heavy atom. The summed E-state index contributed by atoms with van der Waals surface area (Å²) in [5.74, 6) is 0.0993. The van der Waals surface area contributed by atoms with Crippen LogP contribution in [0, 0.1) is 0 Å². The van der Waals surface area contributed by atoms with Gasteiger partial charge in [0.25, 0.3) is 5.56 Å². The summed E-state index contributed by atoms with van der Waals surface area (Å²) in [6, 6.07) is 6.32. The lowest BCUT2D eigenvalue weighted by molar-refractivity contribution is -0.144. The average molecular weight is 329 g/mol. The van der Waals surface area contributed by atoms with E-state index in [1.165, 1.54) is 22.7 Å². The van der Waals surface area contributed by atoms with Gasteiger partial charge in [0.05, 0.1) is 19.9 Å². The molecule has 0 saturated carbocycles. The van der Waals surface area contributed by atoms with E-state index in [-0.39, 0.29) is 5.52 Å². The largest absolute Gasteiger partial charge is 0.497 e. The number of hydrogen-bond donors (Lipinski definition) is 0. The molecule has 3 rings (SSSR count). The molecule has 0 unspecified atom stereocenters. The molecule has 0 aliphatic carbocycles. The number of hydrogen-bond acceptors (Lipinski definition) is 7. The van der Waals surface area contributed by atoms with Gasteiger partial charge >= 0.3 is 5.97 Å². The third-order valence-electron chi connectivity index (χ3n) is 3.65. The zero-order valence-corrected chi connectivity index (χ0v) is 13.3. The fraction of sp³-hybridized carbons (Fsp3) is 0.267. The highest BCUT2D eigenvalue weighted by Crippen LogP contribution is 2.18. The predicted octanol–water partition coefficient (Wildman–Crippen LogP) is 0.720. The van der Waals surface area contributed by atoms with Gasteiger partial charge in [-0.05, 0) is 19.1 Å². The van der Waals surface area contributed by atoms with E-state index in [9.17, 15) is 9.59 Å². The van der Waals surface area contributed by atoms with Crippen LogP contribution in [0.3, 0.4) is 0 Å². The average Bonchev–Trinajstić information content (AvgIpc) is 3.05. The number of rotatable bonds is 4. The lowest BCUT2D eigenvalue weighted by Gasteiger charge is -2.11. The number of esters is 1. The highest BCUT2D eigenvalue weighted by Gasteiger charge is 2.20. The number of fused-ring (bicyclic) bond motifs is 1. The molecule has 1 atom stereocenters. The number of carbonyl (C=O) groups is 1. The van der Waals surface area contributed by atoms with Gasteiger partial charge < -0.3 is 9.47 Å². The van der Waals surface area contributed by atoms with E-state index in [0.717, 1.165) is 0 Å². The van der Waals surface area contributed by atoms with E-state index >= 15 is 0 Å². The van der Waals surface area contributed by atoms with Crippen molar-refractivity contribution in [1.82, 2.24) is 24.5 Å². The Hall–Kier alpha value is -3.23. The molecule has 0 saturated heterocycles. The number of nitrogens with zero attached hydrogens (tertiary/aromatic N) is 5. The molecule has 0 radical (unpaired) electrons. The summed E-state index contributed by atoms with van der Waals surface area (Å²) < 4.78 is 12.4. The van der Waals surface area contributed by atoms with Crippen molar-refractivity contribution in [3.63, 3.8) is 0 Å². The van der Waals surface area contributed by atoms with Gasteiger partial charge in [0.2, 0.25) is 0 Å². The molecule has 0 aliphatic heterocycles. The van der Waals surface area contributed by atoms with E-state index in [2.05, 4.69) is 20.0 Å². The lowest BCUT2D eigenvalue weighted by Crippen LogP contribution is -2.29. The molecule has 0 aliphatic rings. The Labute approximate surface area is 136 Å². The molecule has 2 aromatic heterocycles. The molecule has 124 valence electrons. The minimum Gasteiger partial charge on any atom is -0.497 e. The fourth-order valence-corrected chi connectivity index (χ4v) is 2.30. The minimum atomic E-state index is -0.804. The second kappa shape index (κ2) is 6.11. The number of carbonyl (C=O) groups excluding carboxylic acids is 1. The van der Waals surface area contributed by atoms with Gasteiger partial charge in [0, 0.05) is 6.07 Å². The highest BCUT2D eigenvalue weighted by atomic mass is 16.5. The number of aromatic nitrogens is 5. The normalized spacial score (nSPS) is 12.1. The van der Waals surface area contributed by atoms with Crippen LogP contribution in [0.5, 0.6) is 5.75 Å². The fourth-order valence-electron chi connectivity index (χ4n) is 2.30. The lowest BCUT2D eigenvalue weighted by atomic mass is 10.3. The van der Waals surface area contributed by atoms with Gasteiger partial charge in [0.15, 0.2) is 11.2 Å². The van der Waals surface area contributed by atoms with E-state index < -0.39 is 17.6 Å². The first-order valence-electron chi connectivity index (χ1n) is 7.11. The maximum Gasteiger partial charge on any atom is 0.328 e. The molecule has 0 amide bonds. The van der Waals surface area contributed by atoms with Gasteiger partial charge in [-0.25, -0.2) is 9.78 Å². The molecule has 2 heterocycles. The number of ether oxygens (including phenoxy) is 2. The molecule has 1 aromatic carbocycles. The summed E-state index contributed by atoms with van der Waals surface area (Å²) in [4.78, 5) is 28.4. The quantitative estimate of drug-likeness (QED) is 0.650. The second-order valence-electron chi connectivity index (χ2n) is 5.03. The van der Waals surface area contributed by atoms with Crippen LogP contribution in [0.15, 0.2) is 35.4 Å². The minimum absolute atomic E-state index is 0.0658. The molecule has 9 heteroatoms. The van der Waals surface area contributed by atoms with E-state index in [0.29, 0.717) is 17.1 Å². The SMILES string of the molecule is COC(=O)[C@H](C)n1cnc2c(nnn2-c2cccc(OC)c2)c1=O. The smallest absolute Gasteiger partial charge is 0.328 e. The number of benzene rings is 1. The summed E-state index contributed by atoms with van der Waals surface area (Å²) >= 11 is 0. The molecule has 0 fully saturated rings. The van der Waals surface area contributed by atoms with Crippen LogP contribution in [0.25, 0.3) is 16.9 Å². The molecule has 24 heavy (non-hydrogen) atoms. The topological polar surface area (TPSA) is 101 Å². The first-order valence-corrected chi connectivity index (χ1v) is 7.11.